The molecule has 0 saturated carbocycles. The maximum absolute atomic E-state index is 14.0. The van der Waals surface area contributed by atoms with Gasteiger partial charge in [0.25, 0.3) is 5.91 Å². The number of nitrogens with zero attached hydrogens (tertiary/aromatic N) is 2. The topological polar surface area (TPSA) is 75.8 Å². The molecule has 0 spiro atoms. The minimum absolute atomic E-state index is 0.0546. The molecule has 5 nitrogen and oxygen atoms in total. The number of rotatable bonds is 6. The van der Waals surface area contributed by atoms with E-state index in [4.69, 9.17) is 10.7 Å². The van der Waals surface area contributed by atoms with Crippen molar-refractivity contribution in [1.29, 1.82) is 0 Å². The molecule has 1 atom stereocenters. The van der Waals surface area contributed by atoms with Crippen LogP contribution in [-0.4, -0.2) is 29.1 Å². The van der Waals surface area contributed by atoms with Gasteiger partial charge in [0.2, 0.25) is 0 Å². The molecule has 174 valence electrons. The molecule has 5 rings (SSSR count). The fraction of sp³-hybridized carbons (Fsp3) is 0.167. The van der Waals surface area contributed by atoms with Crippen LogP contribution >= 0.6 is 0 Å². The van der Waals surface area contributed by atoms with E-state index in [1.54, 1.807) is 11.8 Å². The van der Waals surface area contributed by atoms with Crippen molar-refractivity contribution in [3.8, 4) is 0 Å². The summed E-state index contributed by atoms with van der Waals surface area (Å²) in [6, 6.07) is 26.9. The van der Waals surface area contributed by atoms with E-state index < -0.39 is 5.54 Å². The highest BCUT2D eigenvalue weighted by Crippen LogP contribution is 2.40. The van der Waals surface area contributed by atoms with Gasteiger partial charge in [-0.05, 0) is 35.6 Å². The van der Waals surface area contributed by atoms with Crippen molar-refractivity contribution >= 4 is 17.6 Å². The Bertz CT molecular complexity index is 1300. The number of hydrogen-bond acceptors (Lipinski definition) is 4. The Labute approximate surface area is 205 Å². The highest BCUT2D eigenvalue weighted by molar-refractivity contribution is 6.09. The van der Waals surface area contributed by atoms with Gasteiger partial charge in [0.15, 0.2) is 17.3 Å². The monoisotopic (exact) mass is 461 g/mol. The molecule has 5 heteroatoms. The Morgan fingerprint density at radius 1 is 0.971 bits per heavy atom. The molecule has 1 unspecified atom stereocenters. The zero-order chi connectivity index (χ0) is 24.4. The number of ketones is 1. The molecule has 0 aromatic heterocycles. The van der Waals surface area contributed by atoms with Crippen molar-refractivity contribution in [3.63, 3.8) is 0 Å². The third-order valence-electron chi connectivity index (χ3n) is 6.76. The van der Waals surface area contributed by atoms with E-state index in [9.17, 15) is 9.59 Å². The molecular weight excluding hydrogens is 434 g/mol. The van der Waals surface area contributed by atoms with Crippen LogP contribution in [0.25, 0.3) is 0 Å². The fourth-order valence-electron chi connectivity index (χ4n) is 4.89. The fourth-order valence-corrected chi connectivity index (χ4v) is 4.89. The number of hydrogen-bond donors (Lipinski definition) is 1. The van der Waals surface area contributed by atoms with Gasteiger partial charge in [-0.3, -0.25) is 14.5 Å². The molecule has 0 saturated heterocycles. The first kappa shape index (κ1) is 22.5. The minimum atomic E-state index is -1.19. The van der Waals surface area contributed by atoms with E-state index in [1.165, 1.54) is 0 Å². The molecule has 3 aromatic rings. The van der Waals surface area contributed by atoms with Crippen LogP contribution in [0, 0.1) is 0 Å². The molecule has 1 aliphatic carbocycles. The largest absolute Gasteiger partial charge is 0.369 e. The third-order valence-corrected chi connectivity index (χ3v) is 6.76. The molecule has 1 amide bonds. The van der Waals surface area contributed by atoms with Gasteiger partial charge in [-0.15, -0.1) is 0 Å². The van der Waals surface area contributed by atoms with E-state index >= 15 is 0 Å². The number of Topliss-reactive ketones (excluding diaryl/α,β-unsaturated/α-hetero) is 1. The summed E-state index contributed by atoms with van der Waals surface area (Å²) in [5.41, 5.74) is 9.73. The summed E-state index contributed by atoms with van der Waals surface area (Å²) in [5.74, 6) is 0.296. The van der Waals surface area contributed by atoms with Gasteiger partial charge < -0.3 is 5.73 Å². The average molecular weight is 462 g/mol. The summed E-state index contributed by atoms with van der Waals surface area (Å²) in [4.78, 5) is 32.0. The van der Waals surface area contributed by atoms with E-state index in [1.807, 2.05) is 97.1 Å². The van der Waals surface area contributed by atoms with Crippen molar-refractivity contribution in [3.05, 3.63) is 131 Å². The smallest absolute Gasteiger partial charge is 0.266 e. The molecule has 0 fully saturated rings. The number of allylic oxidation sites excluding steroid dienone is 3. The lowest BCUT2D eigenvalue weighted by Crippen LogP contribution is -2.44. The summed E-state index contributed by atoms with van der Waals surface area (Å²) >= 11 is 0. The Hall–Kier alpha value is -4.25. The van der Waals surface area contributed by atoms with Gasteiger partial charge in [0.1, 0.15) is 0 Å². The van der Waals surface area contributed by atoms with Gasteiger partial charge in [0.05, 0.1) is 6.54 Å². The lowest BCUT2D eigenvalue weighted by Gasteiger charge is -2.28. The zero-order valence-corrected chi connectivity index (χ0v) is 19.6. The summed E-state index contributed by atoms with van der Waals surface area (Å²) in [6.45, 7) is 1.95. The lowest BCUT2D eigenvalue weighted by atomic mass is 9.82. The predicted molar refractivity (Wildman–Crippen MR) is 138 cm³/mol. The third kappa shape index (κ3) is 4.10. The maximum Gasteiger partial charge on any atom is 0.266 e. The Kier molecular flexibility index (Phi) is 5.91. The van der Waals surface area contributed by atoms with E-state index in [0.717, 1.165) is 28.7 Å². The second kappa shape index (κ2) is 9.18. The normalized spacial score (nSPS) is 18.8. The molecule has 35 heavy (non-hydrogen) atoms. The SMILES string of the molecule is CC(=O)c1ccc(C2C=CC=C(CN3C(=O)C(c4ccccc4)(c4ccccc4)N=C3N)C2)cc1. The number of benzene rings is 3. The molecule has 0 bridgehead atoms. The number of amides is 1. The Morgan fingerprint density at radius 3 is 2.14 bits per heavy atom. The quantitative estimate of drug-likeness (QED) is 0.527. The maximum atomic E-state index is 14.0. The number of nitrogens with two attached hydrogens (primary N) is 1. The molecule has 1 heterocycles. The van der Waals surface area contributed by atoms with E-state index in [-0.39, 0.29) is 23.6 Å². The first-order valence-electron chi connectivity index (χ1n) is 11.7. The van der Waals surface area contributed by atoms with E-state index in [0.29, 0.717) is 12.1 Å². The number of aliphatic imine (C=N–C) groups is 1. The van der Waals surface area contributed by atoms with Crippen LogP contribution < -0.4 is 5.73 Å². The van der Waals surface area contributed by atoms with Gasteiger partial charge >= 0.3 is 0 Å². The minimum Gasteiger partial charge on any atom is -0.369 e. The molecule has 3 aromatic carbocycles. The molecular formula is C30H27N3O2. The highest BCUT2D eigenvalue weighted by Gasteiger charge is 2.50. The Balaban J connectivity index is 1.41. The van der Waals surface area contributed by atoms with Crippen molar-refractivity contribution in [1.82, 2.24) is 4.90 Å². The van der Waals surface area contributed by atoms with Crippen LogP contribution in [0.15, 0.2) is 114 Å². The van der Waals surface area contributed by atoms with Crippen LogP contribution in [0.1, 0.15) is 46.3 Å². The van der Waals surface area contributed by atoms with Crippen molar-refractivity contribution in [2.24, 2.45) is 10.7 Å². The number of guanidine groups is 1. The van der Waals surface area contributed by atoms with Crippen LogP contribution in [0.2, 0.25) is 0 Å². The number of carbonyl (C=O) groups is 2. The van der Waals surface area contributed by atoms with Crippen LogP contribution in [-0.2, 0) is 10.3 Å². The first-order chi connectivity index (χ1) is 17.0. The zero-order valence-electron chi connectivity index (χ0n) is 19.6. The molecule has 1 aliphatic heterocycles. The average Bonchev–Trinajstić information content (AvgIpc) is 3.15. The Morgan fingerprint density at radius 2 is 1.57 bits per heavy atom. The summed E-state index contributed by atoms with van der Waals surface area (Å²) in [5, 5.41) is 0. The first-order valence-corrected chi connectivity index (χ1v) is 11.7. The van der Waals surface area contributed by atoms with Gasteiger partial charge in [-0.2, -0.15) is 0 Å². The van der Waals surface area contributed by atoms with Crippen LogP contribution in [0.4, 0.5) is 0 Å². The molecule has 0 radical (unpaired) electrons. The predicted octanol–water partition coefficient (Wildman–Crippen LogP) is 4.96. The van der Waals surface area contributed by atoms with Gasteiger partial charge in [-0.25, -0.2) is 4.99 Å². The van der Waals surface area contributed by atoms with Crippen LogP contribution in [0.3, 0.4) is 0 Å². The number of carbonyl (C=O) groups excluding carboxylic acids is 2. The standard InChI is InChI=1S/C30H27N3O2/c1-21(34)23-15-17-24(18-16-23)25-10-8-9-22(19-25)20-33-28(35)30(32-29(33)31,26-11-4-2-5-12-26)27-13-6-3-7-14-27/h2-18,25H,19-20H2,1H3,(H2,31,32). The summed E-state index contributed by atoms with van der Waals surface area (Å²) in [6.07, 6.45) is 6.98. The molecule has 2 aliphatic rings. The van der Waals surface area contributed by atoms with Crippen molar-refractivity contribution in [2.75, 3.05) is 6.54 Å². The summed E-state index contributed by atoms with van der Waals surface area (Å²) in [7, 11) is 0. The lowest BCUT2D eigenvalue weighted by molar-refractivity contribution is -0.129. The second-order valence-electron chi connectivity index (χ2n) is 9.00. The van der Waals surface area contributed by atoms with Gasteiger partial charge in [-0.1, -0.05) is 103 Å². The van der Waals surface area contributed by atoms with Crippen molar-refractivity contribution < 1.29 is 9.59 Å². The highest BCUT2D eigenvalue weighted by atomic mass is 16.2. The second-order valence-corrected chi connectivity index (χ2v) is 9.00. The van der Waals surface area contributed by atoms with Crippen LogP contribution in [0.5, 0.6) is 0 Å². The molecule has 2 N–H and O–H groups in total. The van der Waals surface area contributed by atoms with Crippen molar-refractivity contribution in [2.45, 2.75) is 24.8 Å². The van der Waals surface area contributed by atoms with E-state index in [2.05, 4.69) is 6.08 Å². The van der Waals surface area contributed by atoms with Gasteiger partial charge in [0, 0.05) is 11.5 Å². The summed E-state index contributed by atoms with van der Waals surface area (Å²) < 4.78 is 0.